The van der Waals surface area contributed by atoms with Crippen LogP contribution in [0.5, 0.6) is 0 Å². The Morgan fingerprint density at radius 2 is 1.81 bits per heavy atom. The smallest absolute Gasteiger partial charge is 0.253 e. The van der Waals surface area contributed by atoms with Gasteiger partial charge >= 0.3 is 0 Å². The monoisotopic (exact) mass is 426 g/mol. The molecule has 6 heteroatoms. The molecular formula is C25H38N4O2. The quantitative estimate of drug-likeness (QED) is 0.520. The molecule has 5 rings (SSSR count). The van der Waals surface area contributed by atoms with Crippen LogP contribution in [0.2, 0.25) is 0 Å². The number of nitrogens with one attached hydrogen (secondary N) is 2. The van der Waals surface area contributed by atoms with Gasteiger partial charge in [-0.15, -0.1) is 0 Å². The number of nitrogen functional groups attached to an aromatic ring is 1. The molecule has 170 valence electrons. The number of benzene rings is 1. The summed E-state index contributed by atoms with van der Waals surface area (Å²) in [5, 5.41) is 17.5. The Hall–Kier alpha value is -1.95. The molecule has 2 unspecified atom stereocenters. The van der Waals surface area contributed by atoms with Crippen molar-refractivity contribution in [3.05, 3.63) is 17.7 Å². The molecule has 1 saturated heterocycles. The number of nitrogens with two attached hydrogens (primary N) is 1. The molecule has 0 radical (unpaired) electrons. The fraction of sp³-hybridized carbons (Fsp3) is 0.720. The number of fused-ring (bicyclic) bond motifs is 1. The molecule has 1 heterocycles. The maximum absolute atomic E-state index is 13.3. The van der Waals surface area contributed by atoms with Gasteiger partial charge in [0.25, 0.3) is 5.91 Å². The summed E-state index contributed by atoms with van der Waals surface area (Å²) in [6, 6.07) is 4.17. The topological polar surface area (TPSA) is 90.6 Å². The summed E-state index contributed by atoms with van der Waals surface area (Å²) < 4.78 is 0. The van der Waals surface area contributed by atoms with Crippen LogP contribution in [0.3, 0.4) is 0 Å². The van der Waals surface area contributed by atoms with Crippen LogP contribution in [0, 0.1) is 17.8 Å². The highest BCUT2D eigenvalue weighted by Gasteiger charge is 2.54. The third kappa shape index (κ3) is 3.99. The molecule has 4 aliphatic rings. The number of hydrogen-bond acceptors (Lipinski definition) is 5. The summed E-state index contributed by atoms with van der Waals surface area (Å²) in [5.74, 6) is 2.30. The summed E-state index contributed by atoms with van der Waals surface area (Å²) in [4.78, 5) is 15.7. The van der Waals surface area contributed by atoms with Crippen LogP contribution in [0.25, 0.3) is 0 Å². The molecule has 2 atom stereocenters. The molecule has 6 nitrogen and oxygen atoms in total. The van der Waals surface area contributed by atoms with E-state index in [1.807, 2.05) is 19.9 Å². The number of aliphatic hydroxyl groups is 1. The van der Waals surface area contributed by atoms with E-state index in [2.05, 4.69) is 28.5 Å². The van der Waals surface area contributed by atoms with Crippen LogP contribution in [0.1, 0.15) is 76.1 Å². The number of amides is 1. The van der Waals surface area contributed by atoms with E-state index < -0.39 is 5.60 Å². The van der Waals surface area contributed by atoms with Gasteiger partial charge in [-0.05, 0) is 88.7 Å². The van der Waals surface area contributed by atoms with Gasteiger partial charge in [0.05, 0.1) is 33.8 Å². The van der Waals surface area contributed by atoms with Crippen molar-refractivity contribution in [1.29, 1.82) is 0 Å². The first-order valence-electron chi connectivity index (χ1n) is 12.1. The molecule has 0 spiro atoms. The fourth-order valence-corrected chi connectivity index (χ4v) is 5.69. The Labute approximate surface area is 185 Å². The largest absolute Gasteiger partial charge is 0.397 e. The first-order chi connectivity index (χ1) is 14.6. The second-order valence-electron chi connectivity index (χ2n) is 11.3. The van der Waals surface area contributed by atoms with Crippen molar-refractivity contribution in [3.63, 3.8) is 0 Å². The van der Waals surface area contributed by atoms with Gasteiger partial charge in [0.15, 0.2) is 0 Å². The Kier molecular flexibility index (Phi) is 4.92. The third-order valence-corrected chi connectivity index (χ3v) is 8.38. The highest BCUT2D eigenvalue weighted by atomic mass is 16.3. The van der Waals surface area contributed by atoms with Crippen molar-refractivity contribution in [2.24, 2.45) is 17.8 Å². The number of nitrogens with zero attached hydrogens (tertiary/aromatic N) is 1. The van der Waals surface area contributed by atoms with E-state index in [9.17, 15) is 9.90 Å². The highest BCUT2D eigenvalue weighted by Crippen LogP contribution is 2.50. The normalized spacial score (nSPS) is 31.2. The molecule has 1 aromatic carbocycles. The van der Waals surface area contributed by atoms with E-state index in [1.165, 1.54) is 19.3 Å². The van der Waals surface area contributed by atoms with Gasteiger partial charge in [-0.1, -0.05) is 6.92 Å². The second-order valence-corrected chi connectivity index (χ2v) is 11.3. The zero-order valence-corrected chi connectivity index (χ0v) is 19.2. The van der Waals surface area contributed by atoms with Crippen molar-refractivity contribution in [2.45, 2.75) is 82.9 Å². The average Bonchev–Trinajstić information content (AvgIpc) is 3.62. The Morgan fingerprint density at radius 1 is 1.16 bits per heavy atom. The van der Waals surface area contributed by atoms with E-state index >= 15 is 0 Å². The summed E-state index contributed by atoms with van der Waals surface area (Å²) in [6.07, 6.45) is 7.62. The Morgan fingerprint density at radius 3 is 2.39 bits per heavy atom. The lowest BCUT2D eigenvalue weighted by atomic mass is 9.87. The van der Waals surface area contributed by atoms with Gasteiger partial charge in [0.2, 0.25) is 0 Å². The van der Waals surface area contributed by atoms with Gasteiger partial charge in [-0.3, -0.25) is 4.79 Å². The van der Waals surface area contributed by atoms with Gasteiger partial charge in [0, 0.05) is 19.1 Å². The van der Waals surface area contributed by atoms with Crippen LogP contribution in [-0.2, 0) is 0 Å². The molecule has 3 saturated carbocycles. The van der Waals surface area contributed by atoms with Crippen molar-refractivity contribution in [3.8, 4) is 0 Å². The molecule has 3 aliphatic carbocycles. The maximum Gasteiger partial charge on any atom is 0.253 e. The zero-order valence-electron chi connectivity index (χ0n) is 19.2. The maximum atomic E-state index is 13.3. The molecule has 5 N–H and O–H groups in total. The molecule has 0 bridgehead atoms. The van der Waals surface area contributed by atoms with E-state index in [4.69, 9.17) is 5.73 Å². The number of carbonyl (C=O) groups is 1. The molecule has 1 aromatic rings. The predicted molar refractivity (Wildman–Crippen MR) is 125 cm³/mol. The number of hydrogen-bond donors (Lipinski definition) is 4. The summed E-state index contributed by atoms with van der Waals surface area (Å²) >= 11 is 0. The fourth-order valence-electron chi connectivity index (χ4n) is 5.69. The molecule has 31 heavy (non-hydrogen) atoms. The highest BCUT2D eigenvalue weighted by molar-refractivity contribution is 6.02. The van der Waals surface area contributed by atoms with Gasteiger partial charge in [0.1, 0.15) is 0 Å². The summed E-state index contributed by atoms with van der Waals surface area (Å²) in [7, 11) is 0. The molecular weight excluding hydrogens is 388 g/mol. The minimum Gasteiger partial charge on any atom is -0.397 e. The van der Waals surface area contributed by atoms with Crippen LogP contribution in [0.15, 0.2) is 12.1 Å². The zero-order chi connectivity index (χ0) is 22.0. The summed E-state index contributed by atoms with van der Waals surface area (Å²) in [5.41, 5.74) is 8.36. The average molecular weight is 427 g/mol. The van der Waals surface area contributed by atoms with Crippen LogP contribution >= 0.6 is 0 Å². The first-order valence-corrected chi connectivity index (χ1v) is 12.1. The molecule has 0 aromatic heterocycles. The lowest BCUT2D eigenvalue weighted by molar-refractivity contribution is 0.0495. The molecule has 1 amide bonds. The van der Waals surface area contributed by atoms with E-state index in [0.29, 0.717) is 11.3 Å². The van der Waals surface area contributed by atoms with Crippen molar-refractivity contribution >= 4 is 23.0 Å². The number of carbonyl (C=O) groups excluding carboxylic acids is 1. The minimum absolute atomic E-state index is 0.00278. The predicted octanol–water partition coefficient (Wildman–Crippen LogP) is 3.75. The lowest BCUT2D eigenvalue weighted by Gasteiger charge is -2.33. The van der Waals surface area contributed by atoms with Gasteiger partial charge in [-0.25, -0.2) is 0 Å². The van der Waals surface area contributed by atoms with Gasteiger partial charge in [-0.2, -0.15) is 0 Å². The van der Waals surface area contributed by atoms with Crippen LogP contribution in [-0.4, -0.2) is 41.3 Å². The number of piperidine rings is 1. The molecule has 4 fully saturated rings. The van der Waals surface area contributed by atoms with Gasteiger partial charge < -0.3 is 26.4 Å². The van der Waals surface area contributed by atoms with Crippen molar-refractivity contribution in [2.75, 3.05) is 29.0 Å². The Bertz CT molecular complexity index is 855. The minimum atomic E-state index is -0.830. The lowest BCUT2D eigenvalue weighted by Crippen LogP contribution is -2.44. The third-order valence-electron chi connectivity index (χ3n) is 8.38. The van der Waals surface area contributed by atoms with E-state index in [0.717, 1.165) is 67.9 Å². The second kappa shape index (κ2) is 7.29. The summed E-state index contributed by atoms with van der Waals surface area (Å²) in [6.45, 7) is 8.04. The van der Waals surface area contributed by atoms with Crippen LogP contribution in [0.4, 0.5) is 17.1 Å². The van der Waals surface area contributed by atoms with E-state index in [1.54, 1.807) is 0 Å². The number of rotatable bonds is 6. The SMILES string of the molecule is CC1CCC(NC(=O)c2cc(N)c(NC3(C(C)(C)O)CC3)cc2N2CC3CC3C2)CC1. The first kappa shape index (κ1) is 20.9. The van der Waals surface area contributed by atoms with Crippen LogP contribution < -0.4 is 21.3 Å². The van der Waals surface area contributed by atoms with Crippen molar-refractivity contribution < 1.29 is 9.90 Å². The number of anilines is 3. The Balaban J connectivity index is 1.41. The van der Waals surface area contributed by atoms with Crippen molar-refractivity contribution in [1.82, 2.24) is 5.32 Å². The molecule has 1 aliphatic heterocycles. The van der Waals surface area contributed by atoms with E-state index in [-0.39, 0.29) is 17.5 Å². The standard InChI is InChI=1S/C25H38N4O2/c1-15-4-6-18(7-5-15)27-23(30)19-11-20(26)21(28-25(8-9-25)24(2,3)31)12-22(19)29-13-16-10-17(16)14-29/h11-12,15-18,28,31H,4-10,13-14,26H2,1-3H3,(H,27,30).